The Hall–Kier alpha value is -0.600. The highest BCUT2D eigenvalue weighted by Crippen LogP contribution is 2.37. The third-order valence-electron chi connectivity index (χ3n) is 3.71. The minimum absolute atomic E-state index is 0.372. The van der Waals surface area contributed by atoms with E-state index < -0.39 is 0 Å². The van der Waals surface area contributed by atoms with E-state index in [-0.39, 0.29) is 0 Å². The fourth-order valence-corrected chi connectivity index (χ4v) is 2.93. The van der Waals surface area contributed by atoms with E-state index in [0.717, 1.165) is 12.3 Å². The molecule has 0 amide bonds. The van der Waals surface area contributed by atoms with Crippen LogP contribution in [0, 0.1) is 10.8 Å². The van der Waals surface area contributed by atoms with Crippen molar-refractivity contribution >= 4 is 0 Å². The van der Waals surface area contributed by atoms with Crippen molar-refractivity contribution < 1.29 is 0 Å². The van der Waals surface area contributed by atoms with Gasteiger partial charge in [-0.3, -0.25) is 5.01 Å². The summed E-state index contributed by atoms with van der Waals surface area (Å²) in [7, 11) is 0. The minimum atomic E-state index is 0.372. The second kappa shape index (κ2) is 3.64. The van der Waals surface area contributed by atoms with Crippen molar-refractivity contribution in [3.63, 3.8) is 0 Å². The first-order valence-corrected chi connectivity index (χ1v) is 5.44. The van der Waals surface area contributed by atoms with E-state index in [0.29, 0.717) is 12.1 Å². The first-order chi connectivity index (χ1) is 6.33. The summed E-state index contributed by atoms with van der Waals surface area (Å²) < 4.78 is 0. The van der Waals surface area contributed by atoms with Gasteiger partial charge in [-0.05, 0) is 38.5 Å². The van der Waals surface area contributed by atoms with Gasteiger partial charge in [0.1, 0.15) is 0 Å². The van der Waals surface area contributed by atoms with Gasteiger partial charge in [0.25, 0.3) is 0 Å². The van der Waals surface area contributed by atoms with Crippen molar-refractivity contribution in [1.82, 2.24) is 5.01 Å². The molecule has 0 aromatic carbocycles. The summed E-state index contributed by atoms with van der Waals surface area (Å²) in [6.45, 7) is 2.12. The molecule has 0 N–H and O–H groups in total. The van der Waals surface area contributed by atoms with Crippen molar-refractivity contribution in [1.29, 1.82) is 0 Å². The lowest BCUT2D eigenvalue weighted by molar-refractivity contribution is 0.0227. The molecule has 0 aromatic rings. The Labute approximate surface area is 79.4 Å². The van der Waals surface area contributed by atoms with Crippen LogP contribution in [0.25, 0.3) is 0 Å². The van der Waals surface area contributed by atoms with Crippen LogP contribution in [0.3, 0.4) is 0 Å². The van der Waals surface area contributed by atoms with Gasteiger partial charge in [-0.25, -0.2) is 0 Å². The second-order valence-electron chi connectivity index (χ2n) is 4.50. The molecular formula is C10H18N2O. The quantitative estimate of drug-likeness (QED) is 0.584. The Bertz CT molecular complexity index is 195. The number of nitroso groups, excluding NO2 is 1. The maximum Gasteiger partial charge on any atom is 0.0534 e. The van der Waals surface area contributed by atoms with Gasteiger partial charge >= 0.3 is 0 Å². The molecule has 2 fully saturated rings. The summed E-state index contributed by atoms with van der Waals surface area (Å²) >= 11 is 0. The van der Waals surface area contributed by atoms with E-state index >= 15 is 0 Å². The summed E-state index contributed by atoms with van der Waals surface area (Å²) in [6, 6.07) is 0.840. The number of hydrogen-bond acceptors (Lipinski definition) is 2. The van der Waals surface area contributed by atoms with Crippen LogP contribution in [0.15, 0.2) is 5.29 Å². The molecule has 1 saturated heterocycles. The molecular weight excluding hydrogens is 164 g/mol. The molecule has 74 valence electrons. The summed E-state index contributed by atoms with van der Waals surface area (Å²) in [5.41, 5.74) is 0. The molecule has 2 aliphatic rings. The highest BCUT2D eigenvalue weighted by Gasteiger charge is 2.36. The van der Waals surface area contributed by atoms with Crippen molar-refractivity contribution in [3.8, 4) is 0 Å². The fourth-order valence-electron chi connectivity index (χ4n) is 2.93. The minimum Gasteiger partial charge on any atom is -0.255 e. The molecule has 0 bridgehead atoms. The highest BCUT2D eigenvalue weighted by molar-refractivity contribution is 4.88. The van der Waals surface area contributed by atoms with Gasteiger partial charge in [0.15, 0.2) is 0 Å². The molecule has 3 heteroatoms. The molecule has 0 spiro atoms. The predicted octanol–water partition coefficient (Wildman–Crippen LogP) is 2.71. The van der Waals surface area contributed by atoms with Crippen molar-refractivity contribution in [3.05, 3.63) is 4.91 Å². The average Bonchev–Trinajstić information content (AvgIpc) is 2.18. The van der Waals surface area contributed by atoms with Gasteiger partial charge < -0.3 is 0 Å². The third kappa shape index (κ3) is 1.56. The molecule has 2 rings (SSSR count). The molecule has 0 radical (unpaired) electrons. The maximum absolute atomic E-state index is 10.7. The van der Waals surface area contributed by atoms with Crippen molar-refractivity contribution in [2.24, 2.45) is 11.2 Å². The summed E-state index contributed by atoms with van der Waals surface area (Å²) in [6.07, 6.45) is 7.57. The molecule has 0 unspecified atom stereocenters. The fraction of sp³-hybridized carbons (Fsp3) is 1.00. The van der Waals surface area contributed by atoms with E-state index in [1.165, 1.54) is 32.1 Å². The van der Waals surface area contributed by atoms with Crippen LogP contribution in [0.1, 0.15) is 45.4 Å². The lowest BCUT2D eigenvalue weighted by Gasteiger charge is -2.44. The highest BCUT2D eigenvalue weighted by atomic mass is 16.3. The first kappa shape index (κ1) is 8.97. The number of nitrogens with zero attached hydrogens (tertiary/aromatic N) is 2. The van der Waals surface area contributed by atoms with Gasteiger partial charge in [-0.1, -0.05) is 12.8 Å². The summed E-state index contributed by atoms with van der Waals surface area (Å²) in [4.78, 5) is 10.7. The van der Waals surface area contributed by atoms with Crippen LogP contribution in [0.5, 0.6) is 0 Å². The van der Waals surface area contributed by atoms with Crippen LogP contribution in [0.4, 0.5) is 0 Å². The molecule has 3 nitrogen and oxygen atoms in total. The van der Waals surface area contributed by atoms with Crippen LogP contribution in [-0.2, 0) is 0 Å². The molecule has 1 aliphatic carbocycles. The van der Waals surface area contributed by atoms with E-state index in [4.69, 9.17) is 0 Å². The lowest BCUT2D eigenvalue weighted by Crippen LogP contribution is -2.47. The second-order valence-corrected chi connectivity index (χ2v) is 4.50. The topological polar surface area (TPSA) is 32.7 Å². The van der Waals surface area contributed by atoms with E-state index in [9.17, 15) is 4.91 Å². The van der Waals surface area contributed by atoms with Gasteiger partial charge in [0.2, 0.25) is 0 Å². The molecule has 3 atom stereocenters. The zero-order valence-corrected chi connectivity index (χ0v) is 8.28. The van der Waals surface area contributed by atoms with E-state index in [2.05, 4.69) is 12.2 Å². The lowest BCUT2D eigenvalue weighted by atomic mass is 9.77. The number of rotatable bonds is 1. The molecule has 0 aromatic heterocycles. The molecule has 1 saturated carbocycles. The monoisotopic (exact) mass is 182 g/mol. The first-order valence-electron chi connectivity index (χ1n) is 5.44. The van der Waals surface area contributed by atoms with Crippen molar-refractivity contribution in [2.75, 3.05) is 0 Å². The van der Waals surface area contributed by atoms with Gasteiger partial charge in [-0.2, -0.15) is 0 Å². The zero-order valence-electron chi connectivity index (χ0n) is 8.28. The van der Waals surface area contributed by atoms with Gasteiger partial charge in [0, 0.05) is 6.04 Å². The summed E-state index contributed by atoms with van der Waals surface area (Å²) in [5, 5.41) is 5.02. The van der Waals surface area contributed by atoms with Crippen LogP contribution >= 0.6 is 0 Å². The molecule has 13 heavy (non-hydrogen) atoms. The van der Waals surface area contributed by atoms with Crippen molar-refractivity contribution in [2.45, 2.75) is 57.5 Å². The zero-order chi connectivity index (χ0) is 9.26. The Morgan fingerprint density at radius 3 is 2.69 bits per heavy atom. The summed E-state index contributed by atoms with van der Waals surface area (Å²) in [5.74, 6) is 0.752. The van der Waals surface area contributed by atoms with Crippen LogP contribution < -0.4 is 0 Å². The number of piperidine rings is 1. The molecule has 1 heterocycles. The Morgan fingerprint density at radius 1 is 1.15 bits per heavy atom. The Balaban J connectivity index is 2.09. The number of fused-ring (bicyclic) bond motifs is 1. The van der Waals surface area contributed by atoms with E-state index in [1.807, 2.05) is 5.01 Å². The largest absolute Gasteiger partial charge is 0.255 e. The number of hydrogen-bond donors (Lipinski definition) is 0. The van der Waals surface area contributed by atoms with Crippen LogP contribution in [0.2, 0.25) is 0 Å². The maximum atomic E-state index is 10.7. The average molecular weight is 182 g/mol. The molecule has 1 aliphatic heterocycles. The van der Waals surface area contributed by atoms with Crippen LogP contribution in [-0.4, -0.2) is 17.1 Å². The smallest absolute Gasteiger partial charge is 0.0534 e. The SMILES string of the molecule is C[C@H]1CC[C@H]2CCCC[C@H]2N1N=O. The van der Waals surface area contributed by atoms with E-state index in [1.54, 1.807) is 0 Å². The standard InChI is InChI=1S/C10H18N2O/c1-8-6-7-9-4-2-3-5-10(9)12(8)11-13/h8-10H,2-7H2,1H3/t8-,9+,10+/m0/s1. The van der Waals surface area contributed by atoms with Gasteiger partial charge in [0.05, 0.1) is 11.3 Å². The Morgan fingerprint density at radius 2 is 1.92 bits per heavy atom. The normalized spacial score (nSPS) is 39.8. The Kier molecular flexibility index (Phi) is 2.51. The third-order valence-corrected chi connectivity index (χ3v) is 3.71. The van der Waals surface area contributed by atoms with Gasteiger partial charge in [-0.15, -0.1) is 4.91 Å². The predicted molar refractivity (Wildman–Crippen MR) is 52.1 cm³/mol.